The molecule has 0 aliphatic carbocycles. The number of hydrogen-bond acceptors (Lipinski definition) is 3. The van der Waals surface area contributed by atoms with Gasteiger partial charge in [-0.2, -0.15) is 8.78 Å². The lowest BCUT2D eigenvalue weighted by Gasteiger charge is -2.26. The standard InChI is InChI=1S/C22H22F2O3/c1-2-3-17-14-25-21(26-15-17)13-6-16-4-7-18(8-5-16)19-9-11-20(12-10-19)27-22(23)24/h4-5,7-12,17,21-22H,2-3,14-15H2,1H3. The Morgan fingerprint density at radius 3 is 2.15 bits per heavy atom. The molecular formula is C22H22F2O3. The van der Waals surface area contributed by atoms with Crippen molar-refractivity contribution >= 4 is 0 Å². The second-order valence-corrected chi connectivity index (χ2v) is 6.40. The van der Waals surface area contributed by atoms with Crippen LogP contribution in [-0.2, 0) is 9.47 Å². The quantitative estimate of drug-likeness (QED) is 0.684. The first-order valence-electron chi connectivity index (χ1n) is 9.04. The second-order valence-electron chi connectivity index (χ2n) is 6.40. The van der Waals surface area contributed by atoms with Crippen LogP contribution in [0.1, 0.15) is 25.3 Å². The third-order valence-electron chi connectivity index (χ3n) is 4.30. The molecule has 1 aliphatic heterocycles. The Kier molecular flexibility index (Phi) is 6.80. The minimum Gasteiger partial charge on any atom is -0.435 e. The Hall–Kier alpha value is -2.42. The van der Waals surface area contributed by atoms with Gasteiger partial charge in [0.2, 0.25) is 6.29 Å². The first-order chi connectivity index (χ1) is 13.1. The van der Waals surface area contributed by atoms with Crippen LogP contribution in [0.2, 0.25) is 0 Å². The molecule has 3 nitrogen and oxygen atoms in total. The molecular weight excluding hydrogens is 350 g/mol. The highest BCUT2D eigenvalue weighted by molar-refractivity contribution is 5.65. The average molecular weight is 372 g/mol. The molecule has 2 aromatic carbocycles. The van der Waals surface area contributed by atoms with Gasteiger partial charge < -0.3 is 14.2 Å². The van der Waals surface area contributed by atoms with Gasteiger partial charge in [-0.1, -0.05) is 43.5 Å². The van der Waals surface area contributed by atoms with E-state index in [-0.39, 0.29) is 5.75 Å². The number of alkyl halides is 2. The molecule has 1 saturated heterocycles. The van der Waals surface area contributed by atoms with E-state index in [9.17, 15) is 8.78 Å². The van der Waals surface area contributed by atoms with Gasteiger partial charge in [0, 0.05) is 11.5 Å². The van der Waals surface area contributed by atoms with Crippen molar-refractivity contribution in [2.75, 3.05) is 13.2 Å². The Morgan fingerprint density at radius 2 is 1.59 bits per heavy atom. The van der Waals surface area contributed by atoms with Gasteiger partial charge in [-0.25, -0.2) is 0 Å². The summed E-state index contributed by atoms with van der Waals surface area (Å²) in [6.45, 7) is 0.721. The highest BCUT2D eigenvalue weighted by Crippen LogP contribution is 2.23. The van der Waals surface area contributed by atoms with E-state index in [1.807, 2.05) is 24.3 Å². The third kappa shape index (κ3) is 5.78. The molecule has 1 fully saturated rings. The maximum Gasteiger partial charge on any atom is 0.387 e. The van der Waals surface area contributed by atoms with Crippen molar-refractivity contribution in [3.63, 3.8) is 0 Å². The molecule has 0 unspecified atom stereocenters. The van der Waals surface area contributed by atoms with Gasteiger partial charge in [0.05, 0.1) is 13.2 Å². The highest BCUT2D eigenvalue weighted by Gasteiger charge is 2.19. The average Bonchev–Trinajstić information content (AvgIpc) is 2.68. The number of ether oxygens (including phenoxy) is 3. The normalized spacial score (nSPS) is 19.4. The summed E-state index contributed by atoms with van der Waals surface area (Å²) in [5.74, 6) is 6.68. The van der Waals surface area contributed by atoms with Crippen LogP contribution in [0, 0.1) is 17.8 Å². The van der Waals surface area contributed by atoms with Gasteiger partial charge >= 0.3 is 6.61 Å². The summed E-state index contributed by atoms with van der Waals surface area (Å²) in [4.78, 5) is 0. The van der Waals surface area contributed by atoms with Crippen LogP contribution in [-0.4, -0.2) is 26.1 Å². The molecule has 27 heavy (non-hydrogen) atoms. The summed E-state index contributed by atoms with van der Waals surface area (Å²) in [5.41, 5.74) is 2.74. The monoisotopic (exact) mass is 372 g/mol. The maximum atomic E-state index is 12.2. The summed E-state index contributed by atoms with van der Waals surface area (Å²) in [7, 11) is 0. The highest BCUT2D eigenvalue weighted by atomic mass is 19.3. The van der Waals surface area contributed by atoms with Gasteiger partial charge in [0.15, 0.2) is 0 Å². The largest absolute Gasteiger partial charge is 0.435 e. The van der Waals surface area contributed by atoms with Crippen molar-refractivity contribution in [3.8, 4) is 28.7 Å². The van der Waals surface area contributed by atoms with Gasteiger partial charge in [-0.15, -0.1) is 0 Å². The van der Waals surface area contributed by atoms with E-state index in [1.54, 1.807) is 12.1 Å². The predicted molar refractivity (Wildman–Crippen MR) is 99.5 cm³/mol. The van der Waals surface area contributed by atoms with Gasteiger partial charge in [-0.05, 0) is 47.7 Å². The van der Waals surface area contributed by atoms with Crippen LogP contribution in [0.25, 0.3) is 11.1 Å². The summed E-state index contributed by atoms with van der Waals surface area (Å²) in [6, 6.07) is 14.2. The summed E-state index contributed by atoms with van der Waals surface area (Å²) < 4.78 is 40.0. The first kappa shape index (κ1) is 19.3. The maximum absolute atomic E-state index is 12.2. The summed E-state index contributed by atoms with van der Waals surface area (Å²) in [6.07, 6.45) is 1.76. The fraction of sp³-hybridized carbons (Fsp3) is 0.364. The van der Waals surface area contributed by atoms with E-state index >= 15 is 0 Å². The van der Waals surface area contributed by atoms with Gasteiger partial charge in [-0.3, -0.25) is 0 Å². The molecule has 0 radical (unpaired) electrons. The van der Waals surface area contributed by atoms with Crippen LogP contribution < -0.4 is 4.74 Å². The van der Waals surface area contributed by atoms with Crippen molar-refractivity contribution in [3.05, 3.63) is 54.1 Å². The molecule has 0 atom stereocenters. The van der Waals surface area contributed by atoms with Crippen LogP contribution >= 0.6 is 0 Å². The Bertz CT molecular complexity index is 768. The molecule has 2 aromatic rings. The zero-order valence-electron chi connectivity index (χ0n) is 15.2. The van der Waals surface area contributed by atoms with Crippen LogP contribution in [0.5, 0.6) is 5.75 Å². The molecule has 0 bridgehead atoms. The fourth-order valence-corrected chi connectivity index (χ4v) is 2.92. The number of rotatable bonds is 5. The Morgan fingerprint density at radius 1 is 1.00 bits per heavy atom. The number of halogens is 2. The van der Waals surface area contributed by atoms with Crippen molar-refractivity contribution in [2.24, 2.45) is 5.92 Å². The van der Waals surface area contributed by atoms with E-state index in [4.69, 9.17) is 9.47 Å². The van der Waals surface area contributed by atoms with E-state index in [0.717, 1.165) is 29.5 Å². The lowest BCUT2D eigenvalue weighted by atomic mass is 10.0. The Labute approximate surface area is 158 Å². The second kappa shape index (κ2) is 9.50. The van der Waals surface area contributed by atoms with Crippen molar-refractivity contribution < 1.29 is 23.0 Å². The zero-order valence-corrected chi connectivity index (χ0v) is 15.2. The smallest absolute Gasteiger partial charge is 0.387 e. The topological polar surface area (TPSA) is 27.7 Å². The summed E-state index contributed by atoms with van der Waals surface area (Å²) in [5, 5.41) is 0. The first-order valence-corrected chi connectivity index (χ1v) is 9.04. The molecule has 142 valence electrons. The van der Waals surface area contributed by atoms with E-state index in [2.05, 4.69) is 23.5 Å². The molecule has 1 aliphatic rings. The molecule has 0 saturated carbocycles. The zero-order chi connectivity index (χ0) is 19.1. The number of hydrogen-bond donors (Lipinski definition) is 0. The molecule has 0 N–H and O–H groups in total. The van der Waals surface area contributed by atoms with Crippen LogP contribution in [0.4, 0.5) is 8.78 Å². The SMILES string of the molecule is CCCC1COC(C#Cc2ccc(-c3ccc(OC(F)F)cc3)cc2)OC1. The minimum atomic E-state index is -2.82. The fourth-order valence-electron chi connectivity index (χ4n) is 2.92. The van der Waals surface area contributed by atoms with Crippen LogP contribution in [0.15, 0.2) is 48.5 Å². The van der Waals surface area contributed by atoms with E-state index < -0.39 is 12.9 Å². The van der Waals surface area contributed by atoms with Gasteiger partial charge in [0.1, 0.15) is 5.75 Å². The van der Waals surface area contributed by atoms with Crippen molar-refractivity contribution in [1.82, 2.24) is 0 Å². The summed E-state index contributed by atoms with van der Waals surface area (Å²) >= 11 is 0. The number of benzene rings is 2. The minimum absolute atomic E-state index is 0.143. The lowest BCUT2D eigenvalue weighted by molar-refractivity contribution is -0.170. The predicted octanol–water partition coefficient (Wildman–Crippen LogP) is 5.10. The van der Waals surface area contributed by atoms with E-state index in [0.29, 0.717) is 19.1 Å². The van der Waals surface area contributed by atoms with Crippen LogP contribution in [0.3, 0.4) is 0 Å². The van der Waals surface area contributed by atoms with Gasteiger partial charge in [0.25, 0.3) is 0 Å². The van der Waals surface area contributed by atoms with Crippen molar-refractivity contribution in [2.45, 2.75) is 32.7 Å². The Balaban J connectivity index is 1.58. The lowest BCUT2D eigenvalue weighted by Crippen LogP contribution is -2.31. The molecule has 5 heteroatoms. The molecule has 0 spiro atoms. The molecule has 3 rings (SSSR count). The molecule has 0 aromatic heterocycles. The van der Waals surface area contributed by atoms with Crippen molar-refractivity contribution in [1.29, 1.82) is 0 Å². The molecule has 0 amide bonds. The third-order valence-corrected chi connectivity index (χ3v) is 4.30. The molecule has 1 heterocycles. The van der Waals surface area contributed by atoms with E-state index in [1.165, 1.54) is 12.1 Å².